The highest BCUT2D eigenvalue weighted by Gasteiger charge is 2.44. The monoisotopic (exact) mass is 433 g/mol. The molecule has 29 heavy (non-hydrogen) atoms. The first-order valence-electron chi connectivity index (χ1n) is 9.02. The number of hydrogen-bond acceptors (Lipinski definition) is 9. The fourth-order valence-corrected chi connectivity index (χ4v) is 3.63. The van der Waals surface area contributed by atoms with Crippen LogP contribution in [0.1, 0.15) is 6.92 Å². The molecule has 1 amide bonds. The lowest BCUT2D eigenvalue weighted by molar-refractivity contribution is -0.301. The van der Waals surface area contributed by atoms with Crippen molar-refractivity contribution in [2.75, 3.05) is 30.1 Å². The van der Waals surface area contributed by atoms with Crippen LogP contribution >= 0.6 is 0 Å². The number of aliphatic hydroxyl groups excluding tert-OH is 4. The van der Waals surface area contributed by atoms with Crippen LogP contribution in [0.5, 0.6) is 0 Å². The Kier molecular flexibility index (Phi) is 8.11. The smallest absolute Gasteiger partial charge is 0.242 e. The zero-order valence-electron chi connectivity index (χ0n) is 16.2. The third kappa shape index (κ3) is 6.19. The number of nitrogens with zero attached hydrogens (tertiary/aromatic N) is 1. The molecule has 0 saturated carbocycles. The van der Waals surface area contributed by atoms with Gasteiger partial charge in [-0.2, -0.15) is 0 Å². The number of hydrogen-bond donors (Lipinski definition) is 4. The zero-order chi connectivity index (χ0) is 21.8. The first-order chi connectivity index (χ1) is 13.5. The summed E-state index contributed by atoms with van der Waals surface area (Å²) < 4.78 is 33.9. The van der Waals surface area contributed by atoms with Crippen molar-refractivity contribution in [3.63, 3.8) is 0 Å². The number of sulfone groups is 1. The van der Waals surface area contributed by atoms with Gasteiger partial charge in [0.15, 0.2) is 16.1 Å². The van der Waals surface area contributed by atoms with Crippen molar-refractivity contribution in [3.8, 4) is 0 Å². The minimum atomic E-state index is -3.56. The van der Waals surface area contributed by atoms with Crippen molar-refractivity contribution >= 4 is 21.4 Å². The van der Waals surface area contributed by atoms with Gasteiger partial charge in [-0.05, 0) is 19.1 Å². The van der Waals surface area contributed by atoms with E-state index in [9.17, 15) is 33.6 Å². The number of carbonyl (C=O) groups excluding carboxylic acids is 1. The zero-order valence-corrected chi connectivity index (χ0v) is 17.0. The molecule has 4 N–H and O–H groups in total. The van der Waals surface area contributed by atoms with Crippen LogP contribution in [0.15, 0.2) is 30.3 Å². The van der Waals surface area contributed by atoms with Crippen LogP contribution in [0.25, 0.3) is 0 Å². The number of anilines is 1. The molecule has 0 aliphatic carbocycles. The number of carbonyl (C=O) groups is 1. The molecule has 2 rings (SSSR count). The van der Waals surface area contributed by atoms with Crippen LogP contribution in [0.3, 0.4) is 0 Å². The van der Waals surface area contributed by atoms with Gasteiger partial charge in [-0.3, -0.25) is 4.79 Å². The van der Waals surface area contributed by atoms with Crippen molar-refractivity contribution in [1.29, 1.82) is 0 Å². The Hall–Kier alpha value is -1.60. The van der Waals surface area contributed by atoms with Gasteiger partial charge in [-0.25, -0.2) is 8.42 Å². The molecule has 10 nitrogen and oxygen atoms in total. The normalized spacial score (nSPS) is 28.7. The third-order valence-corrected chi connectivity index (χ3v) is 5.25. The second kappa shape index (κ2) is 9.94. The maximum Gasteiger partial charge on any atom is 0.242 e. The number of benzene rings is 1. The highest BCUT2D eigenvalue weighted by Crippen LogP contribution is 2.23. The van der Waals surface area contributed by atoms with Crippen LogP contribution in [-0.2, 0) is 24.1 Å². The second-order valence-corrected chi connectivity index (χ2v) is 9.19. The van der Waals surface area contributed by atoms with Gasteiger partial charge in [-0.15, -0.1) is 0 Å². The summed E-state index contributed by atoms with van der Waals surface area (Å²) in [5, 5.41) is 38.9. The molecule has 0 spiro atoms. The number of para-hydroxylation sites is 1. The molecular formula is C18H27NO9S. The Morgan fingerprint density at radius 1 is 1.17 bits per heavy atom. The quantitative estimate of drug-likeness (QED) is 0.374. The number of amides is 1. The summed E-state index contributed by atoms with van der Waals surface area (Å²) in [5.41, 5.74) is 0.464. The number of aliphatic hydroxyl groups is 4. The molecule has 1 heterocycles. The van der Waals surface area contributed by atoms with Gasteiger partial charge in [-0.1, -0.05) is 18.2 Å². The van der Waals surface area contributed by atoms with Crippen molar-refractivity contribution in [2.24, 2.45) is 0 Å². The summed E-state index contributed by atoms with van der Waals surface area (Å²) in [7, 11) is -3.56. The summed E-state index contributed by atoms with van der Waals surface area (Å²) in [6, 6.07) is 7.77. The number of rotatable bonds is 8. The van der Waals surface area contributed by atoms with Crippen molar-refractivity contribution in [1.82, 2.24) is 0 Å². The molecule has 11 heteroatoms. The van der Waals surface area contributed by atoms with Crippen LogP contribution in [0, 0.1) is 0 Å². The summed E-state index contributed by atoms with van der Waals surface area (Å²) in [6.45, 7) is 0.855. The van der Waals surface area contributed by atoms with E-state index < -0.39 is 64.9 Å². The van der Waals surface area contributed by atoms with Crippen molar-refractivity contribution in [2.45, 2.75) is 43.7 Å². The lowest BCUT2D eigenvalue weighted by Gasteiger charge is -2.40. The van der Waals surface area contributed by atoms with E-state index in [1.54, 1.807) is 37.3 Å². The molecular weight excluding hydrogens is 406 g/mol. The van der Waals surface area contributed by atoms with E-state index in [0.717, 1.165) is 6.26 Å². The molecule has 0 radical (unpaired) electrons. The van der Waals surface area contributed by atoms with Crippen LogP contribution in [0.2, 0.25) is 0 Å². The maximum atomic E-state index is 12.6. The molecule has 0 aromatic heterocycles. The van der Waals surface area contributed by atoms with Gasteiger partial charge >= 0.3 is 0 Å². The first kappa shape index (κ1) is 23.7. The van der Waals surface area contributed by atoms with E-state index in [1.807, 2.05) is 0 Å². The molecule has 6 unspecified atom stereocenters. The van der Waals surface area contributed by atoms with Crippen LogP contribution in [0.4, 0.5) is 5.69 Å². The molecule has 1 aliphatic heterocycles. The Balaban J connectivity index is 2.13. The molecule has 1 aromatic carbocycles. The van der Waals surface area contributed by atoms with Gasteiger partial charge < -0.3 is 34.8 Å². The molecule has 1 fully saturated rings. The van der Waals surface area contributed by atoms with Crippen molar-refractivity contribution < 1.29 is 43.1 Å². The predicted octanol–water partition coefficient (Wildman–Crippen LogP) is -1.73. The molecule has 6 atom stereocenters. The SMILES string of the molecule is CC(COC1OC(CO)C(O)C(O)C1O)N(C(=O)CS(C)(=O)=O)c1ccccc1. The van der Waals surface area contributed by atoms with E-state index in [0.29, 0.717) is 5.69 Å². The minimum absolute atomic E-state index is 0.174. The van der Waals surface area contributed by atoms with E-state index in [2.05, 4.69) is 0 Å². The summed E-state index contributed by atoms with van der Waals surface area (Å²) >= 11 is 0. The third-order valence-electron chi connectivity index (χ3n) is 4.48. The van der Waals surface area contributed by atoms with E-state index >= 15 is 0 Å². The Bertz CT molecular complexity index is 771. The summed E-state index contributed by atoms with van der Waals surface area (Å²) in [4.78, 5) is 13.9. The van der Waals surface area contributed by atoms with E-state index in [4.69, 9.17) is 9.47 Å². The first-order valence-corrected chi connectivity index (χ1v) is 11.1. The Morgan fingerprint density at radius 2 is 1.79 bits per heavy atom. The predicted molar refractivity (Wildman–Crippen MR) is 103 cm³/mol. The fourth-order valence-electron chi connectivity index (χ4n) is 3.04. The highest BCUT2D eigenvalue weighted by atomic mass is 32.2. The minimum Gasteiger partial charge on any atom is -0.394 e. The van der Waals surface area contributed by atoms with Gasteiger partial charge in [0, 0.05) is 11.9 Å². The summed E-state index contributed by atoms with van der Waals surface area (Å²) in [6.07, 6.45) is -6.18. The fraction of sp³-hybridized carbons (Fsp3) is 0.611. The van der Waals surface area contributed by atoms with Crippen molar-refractivity contribution in [3.05, 3.63) is 30.3 Å². The topological polar surface area (TPSA) is 154 Å². The molecule has 164 valence electrons. The maximum absolute atomic E-state index is 12.6. The standard InChI is InChI=1S/C18H27NO9S/c1-11(9-27-18-17(24)16(23)15(22)13(8-20)28-18)19(12-6-4-3-5-7-12)14(21)10-29(2,25)26/h3-7,11,13,15-18,20,22-24H,8-10H2,1-2H3. The van der Waals surface area contributed by atoms with E-state index in [1.165, 1.54) is 4.90 Å². The highest BCUT2D eigenvalue weighted by molar-refractivity contribution is 7.91. The van der Waals surface area contributed by atoms with Crippen LogP contribution in [-0.4, -0.2) is 96.7 Å². The second-order valence-electron chi connectivity index (χ2n) is 7.05. The van der Waals surface area contributed by atoms with Crippen LogP contribution < -0.4 is 4.90 Å². The number of ether oxygens (including phenoxy) is 2. The molecule has 1 aromatic rings. The Morgan fingerprint density at radius 3 is 2.34 bits per heavy atom. The van der Waals surface area contributed by atoms with E-state index in [-0.39, 0.29) is 6.61 Å². The van der Waals surface area contributed by atoms with Gasteiger partial charge in [0.05, 0.1) is 19.3 Å². The Labute approximate surface area is 169 Å². The average molecular weight is 433 g/mol. The molecule has 0 bridgehead atoms. The summed E-state index contributed by atoms with van der Waals surface area (Å²) in [5.74, 6) is -1.34. The molecule has 1 saturated heterocycles. The lowest BCUT2D eigenvalue weighted by atomic mass is 9.99. The molecule has 1 aliphatic rings. The van der Waals surface area contributed by atoms with Gasteiger partial charge in [0.25, 0.3) is 0 Å². The largest absolute Gasteiger partial charge is 0.394 e. The van der Waals surface area contributed by atoms with Gasteiger partial charge in [0.1, 0.15) is 30.2 Å². The lowest BCUT2D eigenvalue weighted by Crippen LogP contribution is -2.59. The average Bonchev–Trinajstić information content (AvgIpc) is 2.65. The van der Waals surface area contributed by atoms with Gasteiger partial charge in [0.2, 0.25) is 5.91 Å².